The second-order valence-corrected chi connectivity index (χ2v) is 12.7. The average Bonchev–Trinajstić information content (AvgIpc) is 3.83. The van der Waals surface area contributed by atoms with Gasteiger partial charge in [0.1, 0.15) is 17.7 Å². The van der Waals surface area contributed by atoms with E-state index in [1.54, 1.807) is 6.07 Å². The van der Waals surface area contributed by atoms with Gasteiger partial charge in [0.15, 0.2) is 0 Å². The Bertz CT molecular complexity index is 1510. The number of aliphatic carboxylic acids is 1. The van der Waals surface area contributed by atoms with E-state index in [2.05, 4.69) is 40.2 Å². The molecule has 7 nitrogen and oxygen atoms in total. The van der Waals surface area contributed by atoms with Crippen LogP contribution in [0, 0.1) is 17.7 Å². The minimum absolute atomic E-state index is 0.00574. The molecular formula is C35H39FN2O5. The van der Waals surface area contributed by atoms with Crippen molar-refractivity contribution < 1.29 is 28.5 Å². The Hall–Kier alpha value is -3.49. The lowest BCUT2D eigenvalue weighted by atomic mass is 9.82. The maximum Gasteiger partial charge on any atom is 0.306 e. The highest BCUT2D eigenvalue weighted by atomic mass is 19.1. The number of aryl methyl sites for hydroxylation is 1. The van der Waals surface area contributed by atoms with Crippen molar-refractivity contribution in [2.75, 3.05) is 20.3 Å². The maximum absolute atomic E-state index is 15.2. The molecule has 4 heterocycles. The van der Waals surface area contributed by atoms with Gasteiger partial charge in [-0.05, 0) is 84.2 Å². The molecule has 0 amide bonds. The van der Waals surface area contributed by atoms with E-state index in [9.17, 15) is 9.90 Å². The lowest BCUT2D eigenvalue weighted by Gasteiger charge is -2.35. The largest absolute Gasteiger partial charge is 0.485 e. The normalized spacial score (nSPS) is 24.6. The van der Waals surface area contributed by atoms with Gasteiger partial charge in [-0.3, -0.25) is 9.69 Å². The quantitative estimate of drug-likeness (QED) is 0.305. The molecule has 2 saturated heterocycles. The van der Waals surface area contributed by atoms with Gasteiger partial charge in [0.05, 0.1) is 32.4 Å². The topological polar surface area (TPSA) is 81.1 Å². The Morgan fingerprint density at radius 1 is 1.07 bits per heavy atom. The number of carbonyl (C=O) groups is 1. The molecule has 1 aliphatic carbocycles. The lowest BCUT2D eigenvalue weighted by Crippen LogP contribution is -2.45. The summed E-state index contributed by atoms with van der Waals surface area (Å²) in [5.41, 5.74) is 5.64. The highest BCUT2D eigenvalue weighted by Gasteiger charge is 2.40. The molecule has 226 valence electrons. The Balaban J connectivity index is 1.21. The zero-order valence-corrected chi connectivity index (χ0v) is 24.8. The van der Waals surface area contributed by atoms with Gasteiger partial charge in [-0.1, -0.05) is 37.3 Å². The van der Waals surface area contributed by atoms with Gasteiger partial charge >= 0.3 is 5.97 Å². The van der Waals surface area contributed by atoms with Gasteiger partial charge in [-0.15, -0.1) is 0 Å². The van der Waals surface area contributed by atoms with E-state index >= 15 is 4.39 Å². The van der Waals surface area contributed by atoms with Gasteiger partial charge < -0.3 is 19.3 Å². The standard InChI is InChI=1S/C35H39FN2O5/c1-20(35(39)40)34(22-4-5-22)24-6-3-21-8-12-31(43-32(21)14-24)23-7-11-28(29-15-33(41-2)37-16-30(29)36)25(13-23)17-38-26-9-10-27(38)19-42-18-26/h3,6-7,11,13-16,20,22,26-27,31,34H,4-5,8-10,12,17-19H2,1-2H3,(H,39,40)/t20-,26?,27?,31?,34?/m0/s1. The first-order valence-corrected chi connectivity index (χ1v) is 15.6. The number of nitrogens with zero attached hydrogens (tertiary/aromatic N) is 2. The summed E-state index contributed by atoms with van der Waals surface area (Å²) in [6.45, 7) is 3.99. The zero-order chi connectivity index (χ0) is 29.7. The predicted molar refractivity (Wildman–Crippen MR) is 160 cm³/mol. The number of hydrogen-bond donors (Lipinski definition) is 1. The van der Waals surface area contributed by atoms with E-state index in [0.29, 0.717) is 36.0 Å². The van der Waals surface area contributed by atoms with Crippen molar-refractivity contribution >= 4 is 5.97 Å². The Morgan fingerprint density at radius 2 is 1.86 bits per heavy atom. The third-order valence-corrected chi connectivity index (χ3v) is 10.1. The molecule has 4 unspecified atom stereocenters. The van der Waals surface area contributed by atoms with Crippen LogP contribution in [0.4, 0.5) is 4.39 Å². The highest BCUT2D eigenvalue weighted by molar-refractivity contribution is 5.71. The van der Waals surface area contributed by atoms with Gasteiger partial charge in [0, 0.05) is 30.3 Å². The van der Waals surface area contributed by atoms with Crippen molar-refractivity contribution in [1.82, 2.24) is 9.88 Å². The lowest BCUT2D eigenvalue weighted by molar-refractivity contribution is -0.142. The van der Waals surface area contributed by atoms with Crippen molar-refractivity contribution in [3.05, 3.63) is 76.7 Å². The minimum atomic E-state index is -0.752. The van der Waals surface area contributed by atoms with Crippen LogP contribution in [0.25, 0.3) is 11.1 Å². The molecular weight excluding hydrogens is 547 g/mol. The Morgan fingerprint density at radius 3 is 2.58 bits per heavy atom. The zero-order valence-electron chi connectivity index (χ0n) is 24.8. The third-order valence-electron chi connectivity index (χ3n) is 10.1. The van der Waals surface area contributed by atoms with Crippen LogP contribution in [0.2, 0.25) is 0 Å². The van der Waals surface area contributed by atoms with Crippen molar-refractivity contribution in [1.29, 1.82) is 0 Å². The summed E-state index contributed by atoms with van der Waals surface area (Å²) in [5, 5.41) is 9.78. The molecule has 0 radical (unpaired) electrons. The second kappa shape index (κ2) is 11.5. The summed E-state index contributed by atoms with van der Waals surface area (Å²) in [4.78, 5) is 18.5. The van der Waals surface area contributed by atoms with Crippen molar-refractivity contribution in [3.63, 3.8) is 0 Å². The van der Waals surface area contributed by atoms with Crippen LogP contribution in [0.1, 0.15) is 73.3 Å². The fourth-order valence-electron chi connectivity index (χ4n) is 7.52. The van der Waals surface area contributed by atoms with E-state index in [4.69, 9.17) is 14.2 Å². The third kappa shape index (κ3) is 5.51. The minimum Gasteiger partial charge on any atom is -0.485 e. The number of halogens is 1. The molecule has 43 heavy (non-hydrogen) atoms. The summed E-state index contributed by atoms with van der Waals surface area (Å²) in [6, 6.07) is 15.0. The number of aromatic nitrogens is 1. The van der Waals surface area contributed by atoms with E-state index in [0.717, 1.165) is 85.3 Å². The van der Waals surface area contributed by atoms with Crippen LogP contribution in [0.5, 0.6) is 11.6 Å². The molecule has 2 aromatic carbocycles. The fraction of sp³-hybridized carbons (Fsp3) is 0.486. The van der Waals surface area contributed by atoms with Crippen LogP contribution in [-0.2, 0) is 22.5 Å². The Labute approximate surface area is 252 Å². The number of carboxylic acids is 1. The Kier molecular flexibility index (Phi) is 7.60. The van der Waals surface area contributed by atoms with E-state index in [1.165, 1.54) is 13.3 Å². The summed E-state index contributed by atoms with van der Waals surface area (Å²) in [7, 11) is 1.54. The molecule has 3 aromatic rings. The van der Waals surface area contributed by atoms with Gasteiger partial charge in [0.2, 0.25) is 5.88 Å². The monoisotopic (exact) mass is 586 g/mol. The molecule has 4 aliphatic rings. The van der Waals surface area contributed by atoms with Crippen LogP contribution in [0.15, 0.2) is 48.7 Å². The maximum atomic E-state index is 15.2. The molecule has 1 aromatic heterocycles. The van der Waals surface area contributed by atoms with Crippen LogP contribution in [-0.4, -0.2) is 53.4 Å². The molecule has 2 bridgehead atoms. The smallest absolute Gasteiger partial charge is 0.306 e. The van der Waals surface area contributed by atoms with E-state index < -0.39 is 11.9 Å². The number of benzene rings is 2. The molecule has 3 aliphatic heterocycles. The molecule has 1 saturated carbocycles. The highest BCUT2D eigenvalue weighted by Crippen LogP contribution is 2.48. The first-order chi connectivity index (χ1) is 20.9. The van der Waals surface area contributed by atoms with Gasteiger partial charge in [-0.25, -0.2) is 9.37 Å². The number of pyridine rings is 1. The first kappa shape index (κ1) is 28.3. The van der Waals surface area contributed by atoms with E-state index in [-0.39, 0.29) is 17.8 Å². The fourth-order valence-corrected chi connectivity index (χ4v) is 7.52. The van der Waals surface area contributed by atoms with Crippen molar-refractivity contribution in [2.45, 2.75) is 76.1 Å². The number of carboxylic acid groups (broad SMARTS) is 1. The van der Waals surface area contributed by atoms with Gasteiger partial charge in [-0.2, -0.15) is 0 Å². The number of methoxy groups -OCH3 is 1. The van der Waals surface area contributed by atoms with Crippen LogP contribution >= 0.6 is 0 Å². The van der Waals surface area contributed by atoms with Gasteiger partial charge in [0.25, 0.3) is 0 Å². The molecule has 7 rings (SSSR count). The molecule has 1 N–H and O–H groups in total. The van der Waals surface area contributed by atoms with Crippen LogP contribution < -0.4 is 9.47 Å². The average molecular weight is 587 g/mol. The number of morpholine rings is 1. The number of hydrogen-bond acceptors (Lipinski definition) is 6. The van der Waals surface area contributed by atoms with E-state index in [1.807, 2.05) is 13.0 Å². The van der Waals surface area contributed by atoms with Crippen LogP contribution in [0.3, 0.4) is 0 Å². The molecule has 5 atom stereocenters. The molecule has 0 spiro atoms. The number of fused-ring (bicyclic) bond motifs is 3. The summed E-state index contributed by atoms with van der Waals surface area (Å²) < 4.78 is 33.0. The SMILES string of the molecule is COc1cc(-c2ccc(C3CCc4ccc(C(C5CC5)[C@H](C)C(=O)O)cc4O3)cc2CN2C3CCC2COC3)c(F)cn1. The molecule has 8 heteroatoms. The number of ether oxygens (including phenoxy) is 3. The summed E-state index contributed by atoms with van der Waals surface area (Å²) in [5.74, 6) is 0.0631. The second-order valence-electron chi connectivity index (χ2n) is 12.7. The number of rotatable bonds is 9. The summed E-state index contributed by atoms with van der Waals surface area (Å²) >= 11 is 0. The van der Waals surface area contributed by atoms with Crippen molar-refractivity contribution in [3.8, 4) is 22.8 Å². The molecule has 3 fully saturated rings. The first-order valence-electron chi connectivity index (χ1n) is 15.6. The predicted octanol–water partition coefficient (Wildman–Crippen LogP) is 6.54. The summed E-state index contributed by atoms with van der Waals surface area (Å²) in [6.07, 6.45) is 7.18. The van der Waals surface area contributed by atoms with Crippen molar-refractivity contribution in [2.24, 2.45) is 11.8 Å².